The molecule has 11 amide bonds. The van der Waals surface area contributed by atoms with Gasteiger partial charge in [-0.3, -0.25) is 52.7 Å². The number of allylic oxidation sites excluding steroid dienone is 1. The van der Waals surface area contributed by atoms with Crippen LogP contribution in [0.25, 0.3) is 0 Å². The maximum Gasteiger partial charge on any atom is 0.480 e. The minimum Gasteiger partial charge on any atom is -0.424 e. The lowest BCUT2D eigenvalue weighted by Gasteiger charge is -2.38. The maximum absolute atomic E-state index is 14.7. The largest absolute Gasteiger partial charge is 0.480 e. The number of halogens is 1. The molecule has 0 aliphatic carbocycles. The van der Waals surface area contributed by atoms with Crippen LogP contribution in [-0.4, -0.2) is 243 Å². The Hall–Kier alpha value is -6.98. The van der Waals surface area contributed by atoms with Gasteiger partial charge in [0.05, 0.1) is 12.6 Å². The lowest BCUT2D eigenvalue weighted by atomic mass is 9.91. The van der Waals surface area contributed by atoms with Gasteiger partial charge in [-0.1, -0.05) is 96.1 Å². The van der Waals surface area contributed by atoms with Gasteiger partial charge < -0.3 is 70.7 Å². The summed E-state index contributed by atoms with van der Waals surface area (Å²) < 4.78 is 0.982. The Kier molecular flexibility index (Phi) is 31.6. The molecule has 2 aliphatic rings. The molecule has 7 N–H and O–H groups in total. The van der Waals surface area contributed by atoms with Gasteiger partial charge in [-0.05, 0) is 136 Å². The highest BCUT2D eigenvalue weighted by molar-refractivity contribution is 14.1. The molecule has 0 spiro atoms. The summed E-state index contributed by atoms with van der Waals surface area (Å²) in [6.45, 7) is 17.4. The Morgan fingerprint density at radius 1 is 0.670 bits per heavy atom. The molecular weight excluding hydrogens is 1320 g/mol. The Morgan fingerprint density at radius 3 is 1.85 bits per heavy atom. The van der Waals surface area contributed by atoms with E-state index in [2.05, 4.69) is 43.9 Å². The zero-order valence-corrected chi connectivity index (χ0v) is 59.7. The number of rotatable bonds is 33. The number of nitrogens with zero attached hydrogens (tertiary/aromatic N) is 7. The summed E-state index contributed by atoms with van der Waals surface area (Å²) >= 11 is 2.21. The summed E-state index contributed by atoms with van der Waals surface area (Å²) in [6, 6.07) is 5.83. The third kappa shape index (κ3) is 22.9. The lowest BCUT2D eigenvalue weighted by Crippen LogP contribution is -2.60. The molecule has 520 valence electrons. The molecule has 2 aromatic carbocycles. The van der Waals surface area contributed by atoms with Gasteiger partial charge in [0, 0.05) is 77.2 Å². The normalized spacial score (nSPS) is 17.8. The number of hydrogen-bond acceptors (Lipinski definition) is 14. The Bertz CT molecular complexity index is 2970. The minimum absolute atomic E-state index is 0.0398. The van der Waals surface area contributed by atoms with Crippen molar-refractivity contribution in [1.29, 1.82) is 0 Å². The second-order valence-electron chi connectivity index (χ2n) is 26.5. The van der Waals surface area contributed by atoms with Crippen LogP contribution < -0.4 is 21.3 Å². The number of carbonyl (C=O) groups is 11. The van der Waals surface area contributed by atoms with Crippen LogP contribution in [0.1, 0.15) is 132 Å². The summed E-state index contributed by atoms with van der Waals surface area (Å²) in [5, 5.41) is 40.2. The molecule has 2 aromatic rings. The van der Waals surface area contributed by atoms with Crippen LogP contribution in [0, 0.1) is 21.3 Å². The van der Waals surface area contributed by atoms with E-state index in [4.69, 9.17) is 10.0 Å². The smallest absolute Gasteiger partial charge is 0.424 e. The van der Waals surface area contributed by atoms with Crippen LogP contribution in [0.3, 0.4) is 0 Å². The van der Waals surface area contributed by atoms with Gasteiger partial charge in [0.15, 0.2) is 0 Å². The zero-order chi connectivity index (χ0) is 70.6. The van der Waals surface area contributed by atoms with Crippen molar-refractivity contribution in [3.05, 3.63) is 81.3 Å². The number of aliphatic hydroxyl groups is 1. The van der Waals surface area contributed by atoms with E-state index >= 15 is 0 Å². The third-order valence-corrected chi connectivity index (χ3v) is 18.1. The fourth-order valence-corrected chi connectivity index (χ4v) is 12.7. The van der Waals surface area contributed by atoms with Crippen molar-refractivity contribution in [2.75, 3.05) is 54.9 Å². The van der Waals surface area contributed by atoms with E-state index in [1.54, 1.807) is 49.9 Å². The zero-order valence-electron chi connectivity index (χ0n) is 57.5. The molecule has 94 heavy (non-hydrogen) atoms. The van der Waals surface area contributed by atoms with Gasteiger partial charge in [0.25, 0.3) is 0 Å². The topological polar surface area (TPSA) is 319 Å². The number of piperidine rings is 1. The molecule has 0 aromatic heterocycles. The van der Waals surface area contributed by atoms with Crippen LogP contribution in [0.2, 0.25) is 0 Å². The standard InChI is InChI=1S/C67H103BIN11O14/c1-40(2)33-52(60(85)72-51(38-48-27-24-28-49(69)36-48)63(88)79-31-22-17-23-32-79)80-43(7)35-54(65(80)90)76(13)61(86)44(8)70-59(84)45(9)75(12)66(91)57(46(10)81)73-56(83)39-74(11)67(92)58(42(5)6)78(15)64(89)53(34-41(3)4)77(14)62(87)50(37-47-25-18-16-19-26-47)71-55(82)29-20-21-30-68(93)94/h16,18-19,21,24-28,30,36,40-46,50-54,57-58,81,93-94H,17,20,22-23,29,31-35,37-39H2,1-15H3,(H,70,84)(H,71,82)(H,72,85)(H,73,83)/b30-21+/t43?,44-,45-,46+,50-,51-,52-,53-,54-,57-,58-/m0/s1. The first kappa shape index (κ1) is 79.5. The summed E-state index contributed by atoms with van der Waals surface area (Å²) in [5.74, 6) is -6.17. The highest BCUT2D eigenvalue weighted by atomic mass is 127. The van der Waals surface area contributed by atoms with Crippen molar-refractivity contribution in [2.24, 2.45) is 17.8 Å². The molecular formula is C67H103BIN11O14. The average molecular weight is 1420 g/mol. The molecule has 2 aliphatic heterocycles. The fourth-order valence-electron chi connectivity index (χ4n) is 12.1. The van der Waals surface area contributed by atoms with Crippen LogP contribution in [0.5, 0.6) is 0 Å². The molecule has 0 radical (unpaired) electrons. The molecule has 4 rings (SSSR count). The summed E-state index contributed by atoms with van der Waals surface area (Å²) in [6.07, 6.45) is 3.73. The number of carbonyl (C=O) groups excluding carboxylic acids is 11. The van der Waals surface area contributed by atoms with E-state index in [-0.39, 0.29) is 62.7 Å². The third-order valence-electron chi connectivity index (χ3n) is 17.4. The highest BCUT2D eigenvalue weighted by Crippen LogP contribution is 2.29. The number of likely N-dealkylation sites (tertiary alicyclic amines) is 2. The molecule has 0 saturated carbocycles. The minimum atomic E-state index is -1.69. The second-order valence-corrected chi connectivity index (χ2v) is 27.7. The van der Waals surface area contributed by atoms with E-state index < -0.39 is 145 Å². The van der Waals surface area contributed by atoms with E-state index in [0.29, 0.717) is 13.1 Å². The van der Waals surface area contributed by atoms with Gasteiger partial charge in [-0.2, -0.15) is 0 Å². The quantitative estimate of drug-likeness (QED) is 0.0399. The molecule has 1 unspecified atom stereocenters. The van der Waals surface area contributed by atoms with Crippen LogP contribution in [0.15, 0.2) is 66.6 Å². The monoisotopic (exact) mass is 1420 g/mol. The predicted octanol–water partition coefficient (Wildman–Crippen LogP) is 2.30. The van der Waals surface area contributed by atoms with Gasteiger partial charge in [-0.15, -0.1) is 0 Å². The van der Waals surface area contributed by atoms with E-state index in [1.807, 2.05) is 58.0 Å². The second kappa shape index (κ2) is 37.4. The van der Waals surface area contributed by atoms with E-state index in [9.17, 15) is 57.8 Å². The van der Waals surface area contributed by atoms with Gasteiger partial charge >= 0.3 is 7.12 Å². The highest BCUT2D eigenvalue weighted by Gasteiger charge is 2.48. The van der Waals surface area contributed by atoms with Crippen molar-refractivity contribution in [1.82, 2.24) is 55.6 Å². The predicted molar refractivity (Wildman–Crippen MR) is 365 cm³/mol. The molecule has 2 saturated heterocycles. The number of likely N-dealkylation sites (N-methyl/N-ethyl adjacent to an activating group) is 5. The van der Waals surface area contributed by atoms with Crippen molar-refractivity contribution in [3.63, 3.8) is 0 Å². The number of amides is 11. The first-order valence-corrected chi connectivity index (χ1v) is 33.8. The van der Waals surface area contributed by atoms with Crippen molar-refractivity contribution in [3.8, 4) is 0 Å². The van der Waals surface area contributed by atoms with Crippen molar-refractivity contribution < 1.29 is 67.9 Å². The molecule has 2 fully saturated rings. The Balaban J connectivity index is 1.42. The molecule has 25 nitrogen and oxygen atoms in total. The van der Waals surface area contributed by atoms with E-state index in [1.165, 1.54) is 81.7 Å². The fraction of sp³-hybridized carbons (Fsp3) is 0.627. The number of hydrogen-bond donors (Lipinski definition) is 7. The Morgan fingerprint density at radius 2 is 1.28 bits per heavy atom. The Labute approximate surface area is 569 Å². The number of benzene rings is 2. The van der Waals surface area contributed by atoms with E-state index in [0.717, 1.165) is 49.7 Å². The SMILES string of the molecule is CC(C)C[C@@H](C(=O)N(C)[C@H](C(=O)N(C)CC(=O)N[C@H](C(=O)N(C)[C@@H](C)C(=O)N[C@@H](C)C(=O)N(C)[C@H]1CC(C)N([C@@H](CC(C)C)C(=O)N[C@@H](Cc2cccc(I)c2)C(=O)N2CCCCC2)C1=O)[C@@H](C)O)C(C)C)N(C)C(=O)[C@H](Cc1ccccc1)NC(=O)CC/C=C/B(O)O. The first-order chi connectivity index (χ1) is 44.1. The summed E-state index contributed by atoms with van der Waals surface area (Å²) in [4.78, 5) is 165. The number of aliphatic hydroxyl groups excluding tert-OH is 1. The molecule has 11 atom stereocenters. The van der Waals surface area contributed by atoms with Crippen molar-refractivity contribution >= 4 is 94.7 Å². The summed E-state index contributed by atoms with van der Waals surface area (Å²) in [7, 11) is 5.25. The summed E-state index contributed by atoms with van der Waals surface area (Å²) in [5.41, 5.74) is 1.61. The average Bonchev–Trinajstić information content (AvgIpc) is 1.58. The van der Waals surface area contributed by atoms with Gasteiger partial charge in [0.2, 0.25) is 65.0 Å². The van der Waals surface area contributed by atoms with Crippen LogP contribution in [0.4, 0.5) is 0 Å². The first-order valence-electron chi connectivity index (χ1n) is 32.7. The maximum atomic E-state index is 14.7. The molecule has 2 heterocycles. The molecule has 27 heteroatoms. The lowest BCUT2D eigenvalue weighted by molar-refractivity contribution is -0.153. The van der Waals surface area contributed by atoms with Crippen LogP contribution >= 0.6 is 22.6 Å². The van der Waals surface area contributed by atoms with Crippen LogP contribution in [-0.2, 0) is 65.6 Å². The van der Waals surface area contributed by atoms with Gasteiger partial charge in [-0.25, -0.2) is 0 Å². The number of nitrogens with one attached hydrogen (secondary N) is 4. The van der Waals surface area contributed by atoms with Gasteiger partial charge in [0.1, 0.15) is 54.4 Å². The molecule has 0 bridgehead atoms. The van der Waals surface area contributed by atoms with Crippen molar-refractivity contribution in [2.45, 2.75) is 200 Å².